The van der Waals surface area contributed by atoms with Crippen molar-refractivity contribution >= 4 is 23.5 Å². The monoisotopic (exact) mass is 376 g/mol. The van der Waals surface area contributed by atoms with Crippen molar-refractivity contribution in [2.75, 3.05) is 39.4 Å². The maximum Gasteiger partial charge on any atom is 0.187 e. The minimum Gasteiger partial charge on any atom is -0.455 e. The number of ether oxygens (including phenoxy) is 1. The average molecular weight is 376 g/mol. The molecule has 0 amide bonds. The van der Waals surface area contributed by atoms with Gasteiger partial charge in [-0.1, -0.05) is 12.1 Å². The molecule has 0 spiro atoms. The molecule has 26 heavy (non-hydrogen) atoms. The standard InChI is InChI=1S/C18H21FN4O2S/c19-16-4-2-1-3-15(16)17-6-5-14(25-17)13-21-22-18(26)20-7-8-23-9-11-24-12-10-23/h1-6,13H,7-12H2,(H2,20,22,26)/b21-13-. The SMILES string of the molecule is Fc1ccccc1-c1ccc(/C=N\NC(=S)NCCN2CCOCC2)o1. The summed E-state index contributed by atoms with van der Waals surface area (Å²) in [6, 6.07) is 9.90. The van der Waals surface area contributed by atoms with E-state index in [2.05, 4.69) is 20.7 Å². The van der Waals surface area contributed by atoms with Gasteiger partial charge in [-0.25, -0.2) is 4.39 Å². The Balaban J connectivity index is 1.42. The minimum atomic E-state index is -0.325. The van der Waals surface area contributed by atoms with E-state index in [-0.39, 0.29) is 5.82 Å². The van der Waals surface area contributed by atoms with Crippen LogP contribution in [-0.4, -0.2) is 55.6 Å². The van der Waals surface area contributed by atoms with E-state index in [9.17, 15) is 4.39 Å². The Bertz CT molecular complexity index is 759. The van der Waals surface area contributed by atoms with Gasteiger partial charge in [0.05, 0.1) is 25.0 Å². The lowest BCUT2D eigenvalue weighted by atomic mass is 10.1. The zero-order chi connectivity index (χ0) is 18.2. The van der Waals surface area contributed by atoms with Gasteiger partial charge in [0.25, 0.3) is 0 Å². The van der Waals surface area contributed by atoms with E-state index in [4.69, 9.17) is 21.4 Å². The zero-order valence-corrected chi connectivity index (χ0v) is 15.1. The van der Waals surface area contributed by atoms with Gasteiger partial charge in [0, 0.05) is 26.2 Å². The van der Waals surface area contributed by atoms with E-state index in [1.54, 1.807) is 30.3 Å². The lowest BCUT2D eigenvalue weighted by Gasteiger charge is -2.26. The smallest absolute Gasteiger partial charge is 0.187 e. The second-order valence-corrected chi connectivity index (χ2v) is 6.17. The second-order valence-electron chi connectivity index (χ2n) is 5.76. The molecular formula is C18H21FN4O2S. The summed E-state index contributed by atoms with van der Waals surface area (Å²) in [6.45, 7) is 5.10. The Labute approximate surface area is 157 Å². The molecule has 1 aliphatic heterocycles. The molecule has 138 valence electrons. The van der Waals surface area contributed by atoms with Crippen LogP contribution in [0.4, 0.5) is 4.39 Å². The molecule has 0 saturated carbocycles. The third kappa shape index (κ3) is 5.35. The Morgan fingerprint density at radius 1 is 1.23 bits per heavy atom. The molecule has 1 aliphatic rings. The summed E-state index contributed by atoms with van der Waals surface area (Å²) in [5.74, 6) is 0.636. The first-order valence-corrected chi connectivity index (χ1v) is 8.85. The van der Waals surface area contributed by atoms with Crippen LogP contribution in [0.2, 0.25) is 0 Å². The molecule has 2 heterocycles. The van der Waals surface area contributed by atoms with Crippen molar-refractivity contribution in [3.05, 3.63) is 48.0 Å². The van der Waals surface area contributed by atoms with Gasteiger partial charge in [0.2, 0.25) is 0 Å². The highest BCUT2D eigenvalue weighted by atomic mass is 32.1. The molecule has 1 aromatic carbocycles. The fourth-order valence-electron chi connectivity index (χ4n) is 2.57. The molecule has 2 aromatic rings. The van der Waals surface area contributed by atoms with Gasteiger partial charge < -0.3 is 14.5 Å². The van der Waals surface area contributed by atoms with Gasteiger partial charge in [0.1, 0.15) is 17.3 Å². The van der Waals surface area contributed by atoms with Gasteiger partial charge in [-0.3, -0.25) is 10.3 Å². The van der Waals surface area contributed by atoms with Crippen molar-refractivity contribution in [3.63, 3.8) is 0 Å². The molecule has 8 heteroatoms. The number of furan rings is 1. The molecule has 0 radical (unpaired) electrons. The summed E-state index contributed by atoms with van der Waals surface area (Å²) in [6.07, 6.45) is 1.50. The molecule has 3 rings (SSSR count). The number of thiocarbonyl (C=S) groups is 1. The Kier molecular flexibility index (Phi) is 6.70. The van der Waals surface area contributed by atoms with Crippen LogP contribution in [0.25, 0.3) is 11.3 Å². The first kappa shape index (κ1) is 18.5. The number of morpholine rings is 1. The van der Waals surface area contributed by atoms with Crippen LogP contribution in [0.15, 0.2) is 45.9 Å². The van der Waals surface area contributed by atoms with Crippen LogP contribution < -0.4 is 10.7 Å². The van der Waals surface area contributed by atoms with E-state index < -0.39 is 0 Å². The second kappa shape index (κ2) is 9.42. The van der Waals surface area contributed by atoms with E-state index in [0.29, 0.717) is 22.2 Å². The molecular weight excluding hydrogens is 355 g/mol. The number of benzene rings is 1. The van der Waals surface area contributed by atoms with Crippen molar-refractivity contribution in [1.82, 2.24) is 15.6 Å². The molecule has 0 aliphatic carbocycles. The average Bonchev–Trinajstić information content (AvgIpc) is 3.12. The molecule has 0 unspecified atom stereocenters. The first-order chi connectivity index (χ1) is 12.7. The van der Waals surface area contributed by atoms with Gasteiger partial charge in [0.15, 0.2) is 5.11 Å². The molecule has 1 aromatic heterocycles. The predicted molar refractivity (Wildman–Crippen MR) is 103 cm³/mol. The Morgan fingerprint density at radius 3 is 2.85 bits per heavy atom. The van der Waals surface area contributed by atoms with Gasteiger partial charge in [-0.15, -0.1) is 0 Å². The molecule has 6 nitrogen and oxygen atoms in total. The van der Waals surface area contributed by atoms with Crippen LogP contribution >= 0.6 is 12.2 Å². The van der Waals surface area contributed by atoms with Crippen LogP contribution in [0.3, 0.4) is 0 Å². The van der Waals surface area contributed by atoms with Gasteiger partial charge >= 0.3 is 0 Å². The van der Waals surface area contributed by atoms with Crippen LogP contribution in [-0.2, 0) is 4.74 Å². The van der Waals surface area contributed by atoms with Crippen molar-refractivity contribution in [1.29, 1.82) is 0 Å². The fourth-order valence-corrected chi connectivity index (χ4v) is 2.73. The maximum absolute atomic E-state index is 13.8. The Hall–Kier alpha value is -2.29. The van der Waals surface area contributed by atoms with E-state index in [0.717, 1.165) is 39.4 Å². The van der Waals surface area contributed by atoms with Crippen molar-refractivity contribution in [3.8, 4) is 11.3 Å². The predicted octanol–water partition coefficient (Wildman–Crippen LogP) is 2.22. The lowest BCUT2D eigenvalue weighted by molar-refractivity contribution is 0.0389. The number of hydrogen-bond donors (Lipinski definition) is 2. The maximum atomic E-state index is 13.8. The third-order valence-corrected chi connectivity index (χ3v) is 4.18. The quantitative estimate of drug-likeness (QED) is 0.458. The van der Waals surface area contributed by atoms with Gasteiger partial charge in [-0.05, 0) is 36.5 Å². The fraction of sp³-hybridized carbons (Fsp3) is 0.333. The number of hydrazone groups is 1. The normalized spacial score (nSPS) is 15.3. The zero-order valence-electron chi connectivity index (χ0n) is 14.3. The van der Waals surface area contributed by atoms with Crippen LogP contribution in [0, 0.1) is 5.82 Å². The van der Waals surface area contributed by atoms with Crippen molar-refractivity contribution < 1.29 is 13.5 Å². The molecule has 1 saturated heterocycles. The number of halogens is 1. The van der Waals surface area contributed by atoms with E-state index in [1.807, 2.05) is 0 Å². The highest BCUT2D eigenvalue weighted by Crippen LogP contribution is 2.24. The number of nitrogens with one attached hydrogen (secondary N) is 2. The Morgan fingerprint density at radius 2 is 2.04 bits per heavy atom. The molecule has 1 fully saturated rings. The molecule has 2 N–H and O–H groups in total. The number of nitrogens with zero attached hydrogens (tertiary/aromatic N) is 2. The molecule has 0 atom stereocenters. The summed E-state index contributed by atoms with van der Waals surface area (Å²) >= 11 is 5.18. The topological polar surface area (TPSA) is 62.0 Å². The van der Waals surface area contributed by atoms with Gasteiger partial charge in [-0.2, -0.15) is 5.10 Å². The first-order valence-electron chi connectivity index (χ1n) is 8.44. The summed E-state index contributed by atoms with van der Waals surface area (Å²) in [7, 11) is 0. The van der Waals surface area contributed by atoms with E-state index >= 15 is 0 Å². The summed E-state index contributed by atoms with van der Waals surface area (Å²) in [5.41, 5.74) is 3.16. The van der Waals surface area contributed by atoms with Crippen LogP contribution in [0.1, 0.15) is 5.76 Å². The summed E-state index contributed by atoms with van der Waals surface area (Å²) < 4.78 is 24.6. The lowest BCUT2D eigenvalue weighted by Crippen LogP contribution is -2.42. The van der Waals surface area contributed by atoms with Crippen molar-refractivity contribution in [2.45, 2.75) is 0 Å². The highest BCUT2D eigenvalue weighted by Gasteiger charge is 2.10. The van der Waals surface area contributed by atoms with Crippen LogP contribution in [0.5, 0.6) is 0 Å². The van der Waals surface area contributed by atoms with E-state index in [1.165, 1.54) is 12.3 Å². The number of rotatable bonds is 6. The minimum absolute atomic E-state index is 0.325. The van der Waals surface area contributed by atoms with Crippen molar-refractivity contribution in [2.24, 2.45) is 5.10 Å². The highest BCUT2D eigenvalue weighted by molar-refractivity contribution is 7.80. The number of hydrogen-bond acceptors (Lipinski definition) is 5. The third-order valence-electron chi connectivity index (χ3n) is 3.94. The molecule has 0 bridgehead atoms. The summed E-state index contributed by atoms with van der Waals surface area (Å²) in [4.78, 5) is 2.31. The summed E-state index contributed by atoms with van der Waals surface area (Å²) in [5, 5.41) is 7.58. The largest absolute Gasteiger partial charge is 0.455 e.